The Labute approximate surface area is 129 Å². The van der Waals surface area contributed by atoms with E-state index in [4.69, 9.17) is 9.47 Å². The molecule has 20 heavy (non-hydrogen) atoms. The first-order valence-corrected chi connectivity index (χ1v) is 7.90. The SMILES string of the molecule is CC(C)CCCOCC(C)(C)COCCCNC(=O)S. The fourth-order valence-electron chi connectivity index (χ4n) is 1.70. The summed E-state index contributed by atoms with van der Waals surface area (Å²) < 4.78 is 11.3. The summed E-state index contributed by atoms with van der Waals surface area (Å²) in [6, 6.07) is 0. The molecule has 0 aliphatic rings. The van der Waals surface area contributed by atoms with Gasteiger partial charge in [-0.05, 0) is 25.2 Å². The maximum absolute atomic E-state index is 10.5. The van der Waals surface area contributed by atoms with Crippen molar-refractivity contribution in [3.8, 4) is 0 Å². The number of carbonyl (C=O) groups is 1. The van der Waals surface area contributed by atoms with E-state index in [0.717, 1.165) is 32.0 Å². The Hall–Kier alpha value is -0.260. The summed E-state index contributed by atoms with van der Waals surface area (Å²) in [7, 11) is 0. The van der Waals surface area contributed by atoms with Gasteiger partial charge in [0, 0.05) is 25.2 Å². The summed E-state index contributed by atoms with van der Waals surface area (Å²) in [5.74, 6) is 0.743. The maximum atomic E-state index is 10.5. The second kappa shape index (κ2) is 11.4. The minimum atomic E-state index is -0.292. The Balaban J connectivity index is 3.46. The lowest BCUT2D eigenvalue weighted by atomic mass is 9.96. The van der Waals surface area contributed by atoms with E-state index in [0.29, 0.717) is 19.8 Å². The minimum Gasteiger partial charge on any atom is -0.381 e. The smallest absolute Gasteiger partial charge is 0.275 e. The van der Waals surface area contributed by atoms with E-state index in [1.807, 2.05) is 0 Å². The van der Waals surface area contributed by atoms with Gasteiger partial charge < -0.3 is 14.8 Å². The molecule has 0 fully saturated rings. The van der Waals surface area contributed by atoms with Crippen LogP contribution in [0, 0.1) is 11.3 Å². The average molecular weight is 305 g/mol. The van der Waals surface area contributed by atoms with Crippen molar-refractivity contribution >= 4 is 17.9 Å². The van der Waals surface area contributed by atoms with E-state index in [9.17, 15) is 4.79 Å². The predicted octanol–water partition coefficient (Wildman–Crippen LogP) is 3.51. The Morgan fingerprint density at radius 3 is 2.20 bits per heavy atom. The molecular formula is C15H31NO3S. The van der Waals surface area contributed by atoms with Crippen molar-refractivity contribution in [3.05, 3.63) is 0 Å². The van der Waals surface area contributed by atoms with E-state index in [-0.39, 0.29) is 10.7 Å². The van der Waals surface area contributed by atoms with Gasteiger partial charge in [0.25, 0.3) is 5.24 Å². The number of nitrogens with one attached hydrogen (secondary N) is 1. The number of amides is 1. The van der Waals surface area contributed by atoms with Crippen LogP contribution >= 0.6 is 12.6 Å². The topological polar surface area (TPSA) is 47.6 Å². The van der Waals surface area contributed by atoms with Gasteiger partial charge in [-0.2, -0.15) is 0 Å². The summed E-state index contributed by atoms with van der Waals surface area (Å²) in [4.78, 5) is 10.5. The van der Waals surface area contributed by atoms with Crippen molar-refractivity contribution in [2.45, 2.75) is 47.0 Å². The van der Waals surface area contributed by atoms with E-state index in [2.05, 4.69) is 45.6 Å². The van der Waals surface area contributed by atoms with Gasteiger partial charge in [-0.15, -0.1) is 0 Å². The van der Waals surface area contributed by atoms with Gasteiger partial charge in [0.05, 0.1) is 13.2 Å². The first kappa shape index (κ1) is 19.7. The molecule has 0 aromatic heterocycles. The number of hydrogen-bond acceptors (Lipinski definition) is 3. The average Bonchev–Trinajstić information content (AvgIpc) is 2.32. The normalized spacial score (nSPS) is 11.9. The van der Waals surface area contributed by atoms with Crippen molar-refractivity contribution < 1.29 is 14.3 Å². The summed E-state index contributed by atoms with van der Waals surface area (Å²) in [5.41, 5.74) is 0.0324. The minimum absolute atomic E-state index is 0.0324. The molecule has 120 valence electrons. The van der Waals surface area contributed by atoms with Crippen LogP contribution in [0.25, 0.3) is 0 Å². The molecule has 0 bridgehead atoms. The van der Waals surface area contributed by atoms with Crippen LogP contribution in [0.4, 0.5) is 4.79 Å². The zero-order valence-electron chi connectivity index (χ0n) is 13.4. The number of carbonyl (C=O) groups excluding carboxylic acids is 1. The van der Waals surface area contributed by atoms with Crippen molar-refractivity contribution in [3.63, 3.8) is 0 Å². The van der Waals surface area contributed by atoms with Gasteiger partial charge in [-0.3, -0.25) is 4.79 Å². The molecule has 0 rings (SSSR count). The highest BCUT2D eigenvalue weighted by Gasteiger charge is 2.18. The zero-order valence-corrected chi connectivity index (χ0v) is 14.3. The number of ether oxygens (including phenoxy) is 2. The number of thiol groups is 1. The Kier molecular flexibility index (Phi) is 11.3. The summed E-state index contributed by atoms with van der Waals surface area (Å²) >= 11 is 3.63. The first-order valence-electron chi connectivity index (χ1n) is 7.46. The lowest BCUT2D eigenvalue weighted by Crippen LogP contribution is -2.27. The Bertz CT molecular complexity index is 258. The van der Waals surface area contributed by atoms with E-state index < -0.39 is 0 Å². The predicted molar refractivity (Wildman–Crippen MR) is 86.5 cm³/mol. The van der Waals surface area contributed by atoms with Gasteiger partial charge in [0.2, 0.25) is 0 Å². The van der Waals surface area contributed by atoms with Crippen LogP contribution in [0.3, 0.4) is 0 Å². The van der Waals surface area contributed by atoms with Gasteiger partial charge in [0.1, 0.15) is 0 Å². The number of rotatable bonds is 12. The Morgan fingerprint density at radius 2 is 1.70 bits per heavy atom. The van der Waals surface area contributed by atoms with Crippen LogP contribution < -0.4 is 5.32 Å². The molecule has 0 radical (unpaired) electrons. The van der Waals surface area contributed by atoms with Crippen molar-refractivity contribution in [1.82, 2.24) is 5.32 Å². The molecule has 0 aliphatic carbocycles. The zero-order chi connectivity index (χ0) is 15.4. The molecule has 0 aromatic rings. The lowest BCUT2D eigenvalue weighted by Gasteiger charge is -2.24. The van der Waals surface area contributed by atoms with E-state index in [1.165, 1.54) is 6.42 Å². The van der Waals surface area contributed by atoms with Gasteiger partial charge in [0.15, 0.2) is 0 Å². The third-order valence-corrected chi connectivity index (χ3v) is 2.96. The van der Waals surface area contributed by atoms with Gasteiger partial charge >= 0.3 is 0 Å². The molecule has 0 spiro atoms. The third-order valence-electron chi connectivity index (χ3n) is 2.80. The van der Waals surface area contributed by atoms with Gasteiger partial charge in [-0.25, -0.2) is 0 Å². The molecule has 0 atom stereocenters. The Morgan fingerprint density at radius 1 is 1.15 bits per heavy atom. The molecule has 4 nitrogen and oxygen atoms in total. The molecule has 1 N–H and O–H groups in total. The van der Waals surface area contributed by atoms with Crippen LogP contribution in [0.1, 0.15) is 47.0 Å². The maximum Gasteiger partial charge on any atom is 0.275 e. The molecule has 1 amide bonds. The summed E-state index contributed by atoms with van der Waals surface area (Å²) in [5, 5.41) is 2.33. The van der Waals surface area contributed by atoms with Crippen molar-refractivity contribution in [2.75, 3.05) is 33.0 Å². The molecule has 5 heteroatoms. The first-order chi connectivity index (χ1) is 9.33. The van der Waals surface area contributed by atoms with Crippen LogP contribution in [-0.2, 0) is 9.47 Å². The molecule has 0 heterocycles. The van der Waals surface area contributed by atoms with Crippen LogP contribution in [0.15, 0.2) is 0 Å². The molecule has 0 saturated heterocycles. The van der Waals surface area contributed by atoms with Gasteiger partial charge in [-0.1, -0.05) is 40.3 Å². The quantitative estimate of drug-likeness (QED) is 0.428. The second-order valence-corrected chi connectivity index (χ2v) is 6.80. The van der Waals surface area contributed by atoms with Crippen molar-refractivity contribution in [2.24, 2.45) is 11.3 Å². The second-order valence-electron chi connectivity index (χ2n) is 6.39. The third kappa shape index (κ3) is 14.2. The highest BCUT2D eigenvalue weighted by Crippen LogP contribution is 2.16. The fraction of sp³-hybridized carbons (Fsp3) is 0.933. The summed E-state index contributed by atoms with van der Waals surface area (Å²) in [6.45, 7) is 12.2. The van der Waals surface area contributed by atoms with Crippen LogP contribution in [0.5, 0.6) is 0 Å². The van der Waals surface area contributed by atoms with Crippen LogP contribution in [0.2, 0.25) is 0 Å². The molecule has 0 unspecified atom stereocenters. The fourth-order valence-corrected chi connectivity index (χ4v) is 1.81. The van der Waals surface area contributed by atoms with E-state index >= 15 is 0 Å². The van der Waals surface area contributed by atoms with Crippen molar-refractivity contribution in [1.29, 1.82) is 0 Å². The monoisotopic (exact) mass is 305 g/mol. The largest absolute Gasteiger partial charge is 0.381 e. The highest BCUT2D eigenvalue weighted by molar-refractivity contribution is 7.96. The molecular weight excluding hydrogens is 274 g/mol. The summed E-state index contributed by atoms with van der Waals surface area (Å²) in [6.07, 6.45) is 3.14. The van der Waals surface area contributed by atoms with E-state index in [1.54, 1.807) is 0 Å². The molecule has 0 aliphatic heterocycles. The molecule has 0 saturated carbocycles. The number of hydrogen-bond donors (Lipinski definition) is 2. The van der Waals surface area contributed by atoms with Crippen LogP contribution in [-0.4, -0.2) is 38.2 Å². The molecule has 0 aromatic carbocycles. The lowest BCUT2D eigenvalue weighted by molar-refractivity contribution is -0.00492. The highest BCUT2D eigenvalue weighted by atomic mass is 32.1. The standard InChI is InChI=1S/C15H31NO3S/c1-13(2)7-5-9-18-11-15(3,4)12-19-10-6-8-16-14(17)20/h13H,5-12H2,1-4H3,(H2,16,17,20).